The van der Waals surface area contributed by atoms with Crippen molar-refractivity contribution in [2.75, 3.05) is 6.54 Å². The van der Waals surface area contributed by atoms with Gasteiger partial charge in [-0.15, -0.1) is 0 Å². The lowest BCUT2D eigenvalue weighted by molar-refractivity contribution is -0.158. The molecule has 2 fully saturated rings. The minimum absolute atomic E-state index is 0.0447. The van der Waals surface area contributed by atoms with Crippen LogP contribution in [0, 0.1) is 11.8 Å². The number of esters is 1. The monoisotopic (exact) mass is 211 g/mol. The third-order valence-corrected chi connectivity index (χ3v) is 3.41. The Morgan fingerprint density at radius 1 is 1.33 bits per heavy atom. The number of fused-ring (bicyclic) bond motifs is 1. The van der Waals surface area contributed by atoms with Crippen LogP contribution in [-0.4, -0.2) is 24.2 Å². The molecule has 1 aliphatic carbocycles. The molecule has 0 amide bonds. The van der Waals surface area contributed by atoms with E-state index in [0.29, 0.717) is 11.8 Å². The molecule has 0 radical (unpaired) electrons. The first-order chi connectivity index (χ1) is 6.97. The van der Waals surface area contributed by atoms with E-state index in [1.165, 1.54) is 19.3 Å². The quantitative estimate of drug-likeness (QED) is 0.671. The third-order valence-electron chi connectivity index (χ3n) is 3.41. The molecule has 86 valence electrons. The summed E-state index contributed by atoms with van der Waals surface area (Å²) >= 11 is 0. The molecule has 3 atom stereocenters. The maximum atomic E-state index is 11.9. The van der Waals surface area contributed by atoms with Crippen molar-refractivity contribution in [3.8, 4) is 0 Å². The summed E-state index contributed by atoms with van der Waals surface area (Å²) in [7, 11) is 0. The van der Waals surface area contributed by atoms with Crippen LogP contribution in [0.2, 0.25) is 0 Å². The average molecular weight is 211 g/mol. The zero-order valence-corrected chi connectivity index (χ0v) is 9.88. The first-order valence-corrected chi connectivity index (χ1v) is 5.93. The molecule has 0 aromatic carbocycles. The van der Waals surface area contributed by atoms with Crippen molar-refractivity contribution in [1.82, 2.24) is 5.32 Å². The zero-order chi connectivity index (χ0) is 11.1. The lowest BCUT2D eigenvalue weighted by atomic mass is 9.94. The molecule has 1 saturated carbocycles. The summed E-state index contributed by atoms with van der Waals surface area (Å²) in [5.41, 5.74) is -0.366. The van der Waals surface area contributed by atoms with Gasteiger partial charge in [-0.1, -0.05) is 6.42 Å². The second-order valence-corrected chi connectivity index (χ2v) is 5.77. The fourth-order valence-electron chi connectivity index (χ4n) is 2.81. The van der Waals surface area contributed by atoms with Crippen LogP contribution in [0.15, 0.2) is 0 Å². The molecule has 1 saturated heterocycles. The number of carbonyl (C=O) groups is 1. The minimum Gasteiger partial charge on any atom is -0.459 e. The highest BCUT2D eigenvalue weighted by molar-refractivity contribution is 5.77. The van der Waals surface area contributed by atoms with Gasteiger partial charge in [0.15, 0.2) is 0 Å². The molecule has 15 heavy (non-hydrogen) atoms. The van der Waals surface area contributed by atoms with E-state index in [9.17, 15) is 4.79 Å². The number of rotatable bonds is 1. The van der Waals surface area contributed by atoms with E-state index in [2.05, 4.69) is 5.32 Å². The fraction of sp³-hybridized carbons (Fsp3) is 0.917. The summed E-state index contributed by atoms with van der Waals surface area (Å²) in [6.07, 6.45) is 3.73. The largest absolute Gasteiger partial charge is 0.459 e. The molecule has 0 aromatic heterocycles. The first kappa shape index (κ1) is 10.9. The Labute approximate surface area is 91.6 Å². The molecule has 2 aliphatic rings. The van der Waals surface area contributed by atoms with Crippen LogP contribution in [0.4, 0.5) is 0 Å². The lowest BCUT2D eigenvalue weighted by Gasteiger charge is -2.24. The molecule has 1 heterocycles. The Kier molecular flexibility index (Phi) is 2.75. The van der Waals surface area contributed by atoms with E-state index in [4.69, 9.17) is 4.74 Å². The number of hydrogen-bond donors (Lipinski definition) is 1. The van der Waals surface area contributed by atoms with Gasteiger partial charge in [0.1, 0.15) is 11.6 Å². The van der Waals surface area contributed by atoms with E-state index < -0.39 is 0 Å². The minimum atomic E-state index is -0.366. The summed E-state index contributed by atoms with van der Waals surface area (Å²) in [6, 6.07) is -0.0447. The van der Waals surface area contributed by atoms with Crippen molar-refractivity contribution in [2.24, 2.45) is 11.8 Å². The van der Waals surface area contributed by atoms with E-state index in [-0.39, 0.29) is 17.6 Å². The zero-order valence-electron chi connectivity index (χ0n) is 9.88. The van der Waals surface area contributed by atoms with Gasteiger partial charge in [-0.3, -0.25) is 4.79 Å². The van der Waals surface area contributed by atoms with Gasteiger partial charge < -0.3 is 10.1 Å². The Balaban J connectivity index is 1.96. The number of ether oxygens (including phenoxy) is 1. The van der Waals surface area contributed by atoms with Crippen LogP contribution in [0.5, 0.6) is 0 Å². The van der Waals surface area contributed by atoms with Gasteiger partial charge in [-0.05, 0) is 52.0 Å². The molecule has 3 heteroatoms. The van der Waals surface area contributed by atoms with E-state index >= 15 is 0 Å². The van der Waals surface area contributed by atoms with Crippen molar-refractivity contribution in [3.05, 3.63) is 0 Å². The van der Waals surface area contributed by atoms with Crippen LogP contribution in [0.1, 0.15) is 40.0 Å². The first-order valence-electron chi connectivity index (χ1n) is 5.93. The van der Waals surface area contributed by atoms with Crippen molar-refractivity contribution in [3.63, 3.8) is 0 Å². The van der Waals surface area contributed by atoms with E-state index in [1.54, 1.807) is 0 Å². The Bertz CT molecular complexity index is 257. The second kappa shape index (κ2) is 3.78. The summed E-state index contributed by atoms with van der Waals surface area (Å²) in [5.74, 6) is 1.18. The smallest absolute Gasteiger partial charge is 0.323 e. The molecule has 0 aromatic rings. The molecular formula is C12H21NO2. The van der Waals surface area contributed by atoms with Gasteiger partial charge in [-0.25, -0.2) is 0 Å². The highest BCUT2D eigenvalue weighted by Gasteiger charge is 2.43. The maximum absolute atomic E-state index is 11.9. The van der Waals surface area contributed by atoms with Crippen molar-refractivity contribution < 1.29 is 9.53 Å². The number of carbonyl (C=O) groups excluding carboxylic acids is 1. The highest BCUT2D eigenvalue weighted by Crippen LogP contribution is 2.38. The maximum Gasteiger partial charge on any atom is 0.323 e. The summed E-state index contributed by atoms with van der Waals surface area (Å²) in [6.45, 7) is 6.76. The molecule has 0 spiro atoms. The SMILES string of the molecule is CC(C)(C)OC(=O)[C@@H]1NC[C@@H]2CCC[C@H]21. The van der Waals surface area contributed by atoms with Gasteiger partial charge >= 0.3 is 5.97 Å². The van der Waals surface area contributed by atoms with Crippen LogP contribution < -0.4 is 5.32 Å². The predicted molar refractivity (Wildman–Crippen MR) is 58.5 cm³/mol. The van der Waals surface area contributed by atoms with Crippen molar-refractivity contribution >= 4 is 5.97 Å². The molecule has 0 unspecified atom stereocenters. The third kappa shape index (κ3) is 2.33. The summed E-state index contributed by atoms with van der Waals surface area (Å²) in [4.78, 5) is 11.9. The van der Waals surface area contributed by atoms with Gasteiger partial charge in [0, 0.05) is 0 Å². The molecule has 1 N–H and O–H groups in total. The Morgan fingerprint density at radius 3 is 2.73 bits per heavy atom. The summed E-state index contributed by atoms with van der Waals surface area (Å²) in [5, 5.41) is 3.31. The van der Waals surface area contributed by atoms with Gasteiger partial charge in [0.25, 0.3) is 0 Å². The number of hydrogen-bond acceptors (Lipinski definition) is 3. The summed E-state index contributed by atoms with van der Waals surface area (Å²) < 4.78 is 5.43. The lowest BCUT2D eigenvalue weighted by Crippen LogP contribution is -2.40. The normalized spacial score (nSPS) is 35.3. The van der Waals surface area contributed by atoms with Crippen LogP contribution in [0.3, 0.4) is 0 Å². The van der Waals surface area contributed by atoms with Gasteiger partial charge in [-0.2, -0.15) is 0 Å². The Hall–Kier alpha value is -0.570. The van der Waals surface area contributed by atoms with Crippen LogP contribution >= 0.6 is 0 Å². The predicted octanol–water partition coefficient (Wildman–Crippen LogP) is 1.72. The second-order valence-electron chi connectivity index (χ2n) is 5.77. The topological polar surface area (TPSA) is 38.3 Å². The fourth-order valence-corrected chi connectivity index (χ4v) is 2.81. The molecular weight excluding hydrogens is 190 g/mol. The number of nitrogens with one attached hydrogen (secondary N) is 1. The molecule has 0 bridgehead atoms. The van der Waals surface area contributed by atoms with Crippen LogP contribution in [0.25, 0.3) is 0 Å². The molecule has 3 nitrogen and oxygen atoms in total. The van der Waals surface area contributed by atoms with Gasteiger partial charge in [0.2, 0.25) is 0 Å². The Morgan fingerprint density at radius 2 is 2.07 bits per heavy atom. The molecule has 2 rings (SSSR count). The highest BCUT2D eigenvalue weighted by atomic mass is 16.6. The van der Waals surface area contributed by atoms with Crippen LogP contribution in [-0.2, 0) is 9.53 Å². The standard InChI is InChI=1S/C12H21NO2/c1-12(2,3)15-11(14)10-9-6-4-5-8(9)7-13-10/h8-10,13H,4-7H2,1-3H3/t8-,9+,10+/m0/s1. The van der Waals surface area contributed by atoms with E-state index in [1.807, 2.05) is 20.8 Å². The van der Waals surface area contributed by atoms with E-state index in [0.717, 1.165) is 6.54 Å². The van der Waals surface area contributed by atoms with Crippen molar-refractivity contribution in [2.45, 2.75) is 51.7 Å². The molecule has 1 aliphatic heterocycles. The average Bonchev–Trinajstić information content (AvgIpc) is 2.57. The van der Waals surface area contributed by atoms with Crippen molar-refractivity contribution in [1.29, 1.82) is 0 Å². The van der Waals surface area contributed by atoms with Gasteiger partial charge in [0.05, 0.1) is 0 Å².